The van der Waals surface area contributed by atoms with Gasteiger partial charge in [-0.25, -0.2) is 0 Å². The van der Waals surface area contributed by atoms with Gasteiger partial charge in [0, 0.05) is 37.2 Å². The van der Waals surface area contributed by atoms with Crippen molar-refractivity contribution >= 4 is 71.7 Å². The van der Waals surface area contributed by atoms with Crippen LogP contribution in [0.2, 0.25) is 0 Å². The van der Waals surface area contributed by atoms with Gasteiger partial charge in [0.15, 0.2) is 0 Å². The Kier molecular flexibility index (Phi) is 6.28. The molecule has 11 rings (SSSR count). The number of benzene rings is 8. The van der Waals surface area contributed by atoms with Crippen molar-refractivity contribution < 1.29 is 0 Å². The monoisotopic (exact) mass is 663 g/mol. The van der Waals surface area contributed by atoms with E-state index in [9.17, 15) is 0 Å². The second-order valence-corrected chi connectivity index (χ2v) is 14.8. The van der Waals surface area contributed by atoms with Gasteiger partial charge in [-0.2, -0.15) is 0 Å². The molecule has 0 fully saturated rings. The third-order valence-corrected chi connectivity index (χ3v) is 12.0. The van der Waals surface area contributed by atoms with E-state index in [0.29, 0.717) is 0 Å². The van der Waals surface area contributed by atoms with Crippen LogP contribution in [0.25, 0.3) is 64.7 Å². The zero-order valence-corrected chi connectivity index (χ0v) is 28.6. The van der Waals surface area contributed by atoms with E-state index in [1.807, 2.05) is 11.3 Å². The molecule has 0 N–H and O–H groups in total. The molecule has 1 nitrogen and oxygen atoms in total. The topological polar surface area (TPSA) is 3.24 Å². The summed E-state index contributed by atoms with van der Waals surface area (Å²) in [6.45, 7) is 0.155. The first-order valence-electron chi connectivity index (χ1n) is 17.6. The summed E-state index contributed by atoms with van der Waals surface area (Å²) < 4.78 is 2.67. The van der Waals surface area contributed by atoms with Crippen molar-refractivity contribution in [2.45, 2.75) is 0 Å². The highest BCUT2D eigenvalue weighted by Crippen LogP contribution is 2.45. The maximum atomic E-state index is 2.52. The fourth-order valence-corrected chi connectivity index (χ4v) is 9.62. The largest absolute Gasteiger partial charge is 0.311 e. The van der Waals surface area contributed by atoms with Gasteiger partial charge < -0.3 is 4.90 Å². The minimum atomic E-state index is 0.155. The lowest BCUT2D eigenvalue weighted by Gasteiger charge is -2.36. The molecular formula is C48H30BNS. The van der Waals surface area contributed by atoms with Crippen LogP contribution in [0.3, 0.4) is 0 Å². The molecule has 0 spiro atoms. The molecule has 9 aromatic rings. The molecule has 2 aliphatic heterocycles. The lowest BCUT2D eigenvalue weighted by atomic mass is 9.37. The van der Waals surface area contributed by atoms with Crippen LogP contribution >= 0.6 is 11.3 Å². The predicted molar refractivity (Wildman–Crippen MR) is 220 cm³/mol. The normalized spacial score (nSPS) is 12.6. The predicted octanol–water partition coefficient (Wildman–Crippen LogP) is 11.3. The van der Waals surface area contributed by atoms with E-state index >= 15 is 0 Å². The average molecular weight is 664 g/mol. The van der Waals surface area contributed by atoms with E-state index in [1.165, 1.54) is 92.4 Å². The summed E-state index contributed by atoms with van der Waals surface area (Å²) in [6, 6.07) is 67.4. The highest BCUT2D eigenvalue weighted by atomic mass is 32.1. The van der Waals surface area contributed by atoms with Crippen molar-refractivity contribution in [3.63, 3.8) is 0 Å². The van der Waals surface area contributed by atoms with E-state index in [2.05, 4.69) is 187 Å². The van der Waals surface area contributed by atoms with Crippen molar-refractivity contribution in [3.8, 4) is 44.5 Å². The Morgan fingerprint density at radius 2 is 1.00 bits per heavy atom. The Morgan fingerprint density at radius 3 is 1.82 bits per heavy atom. The molecular weight excluding hydrogens is 633 g/mol. The van der Waals surface area contributed by atoms with Gasteiger partial charge in [0.1, 0.15) is 0 Å². The third kappa shape index (κ3) is 4.42. The van der Waals surface area contributed by atoms with Crippen LogP contribution in [-0.2, 0) is 0 Å². The van der Waals surface area contributed by atoms with E-state index in [0.717, 1.165) is 5.69 Å². The van der Waals surface area contributed by atoms with E-state index < -0.39 is 0 Å². The average Bonchev–Trinajstić information content (AvgIpc) is 3.75. The minimum absolute atomic E-state index is 0.155. The zero-order chi connectivity index (χ0) is 33.5. The van der Waals surface area contributed by atoms with Crippen molar-refractivity contribution in [2.24, 2.45) is 0 Å². The minimum Gasteiger partial charge on any atom is -0.311 e. The molecule has 0 aliphatic carbocycles. The number of thiophene rings is 1. The SMILES string of the molecule is c1ccc(-c2ccc(N3c4ccc(-c5ccccc5)cc4B4c5ccccc5-c5cc(-c6ccc7sc8ccccc8c7c6)cc3c54)cc2)cc1. The van der Waals surface area contributed by atoms with E-state index in [1.54, 1.807) is 0 Å². The molecule has 0 amide bonds. The van der Waals surface area contributed by atoms with E-state index in [-0.39, 0.29) is 6.71 Å². The molecule has 8 aromatic carbocycles. The number of fused-ring (bicyclic) bond motifs is 8. The molecule has 0 unspecified atom stereocenters. The molecule has 3 heterocycles. The lowest BCUT2D eigenvalue weighted by molar-refractivity contribution is 1.30. The van der Waals surface area contributed by atoms with Crippen molar-refractivity contribution in [3.05, 3.63) is 182 Å². The van der Waals surface area contributed by atoms with Gasteiger partial charge in [0.25, 0.3) is 0 Å². The summed E-state index contributed by atoms with van der Waals surface area (Å²) in [5.41, 5.74) is 17.9. The standard InChI is InChI=1S/C48H30BNS/c1-3-11-31(12-4-1)33-19-23-37(24-20-33)50-44-25-21-35(32-13-5-2-6-14-32)29-43(44)49-42-17-9-7-15-38(42)41-28-36(30-45(50)48(41)49)34-22-26-47-40(27-34)39-16-8-10-18-46(39)51-47/h1-30H. The summed E-state index contributed by atoms with van der Waals surface area (Å²) in [6.07, 6.45) is 0. The van der Waals surface area contributed by atoms with Gasteiger partial charge in [-0.15, -0.1) is 11.3 Å². The first kappa shape index (κ1) is 28.7. The Balaban J connectivity index is 1.16. The second-order valence-electron chi connectivity index (χ2n) is 13.7. The van der Waals surface area contributed by atoms with Crippen LogP contribution in [0.1, 0.15) is 0 Å². The molecule has 0 bridgehead atoms. The van der Waals surface area contributed by atoms with Crippen LogP contribution in [0.4, 0.5) is 17.1 Å². The van der Waals surface area contributed by atoms with Crippen LogP contribution < -0.4 is 21.3 Å². The Morgan fingerprint density at radius 1 is 0.373 bits per heavy atom. The van der Waals surface area contributed by atoms with E-state index in [4.69, 9.17) is 0 Å². The molecule has 0 saturated heterocycles. The van der Waals surface area contributed by atoms with Crippen LogP contribution in [0, 0.1) is 0 Å². The molecule has 2 aliphatic rings. The third-order valence-electron chi connectivity index (χ3n) is 10.9. The van der Waals surface area contributed by atoms with Crippen molar-refractivity contribution in [2.75, 3.05) is 4.90 Å². The Labute approximate surface area is 301 Å². The first-order chi connectivity index (χ1) is 25.3. The van der Waals surface area contributed by atoms with Gasteiger partial charge in [0.2, 0.25) is 6.71 Å². The molecule has 0 atom stereocenters. The summed E-state index contributed by atoms with van der Waals surface area (Å²) in [5, 5.41) is 2.66. The molecule has 0 radical (unpaired) electrons. The van der Waals surface area contributed by atoms with Crippen LogP contribution in [0.15, 0.2) is 182 Å². The maximum Gasteiger partial charge on any atom is 0.248 e. The highest BCUT2D eigenvalue weighted by molar-refractivity contribution is 7.25. The number of hydrogen-bond acceptors (Lipinski definition) is 2. The summed E-state index contributed by atoms with van der Waals surface area (Å²) >= 11 is 1.87. The van der Waals surface area contributed by atoms with Gasteiger partial charge in [-0.3, -0.25) is 0 Å². The molecule has 3 heteroatoms. The first-order valence-corrected chi connectivity index (χ1v) is 18.4. The molecule has 51 heavy (non-hydrogen) atoms. The Hall–Kier alpha value is -6.16. The van der Waals surface area contributed by atoms with Gasteiger partial charge in [0.05, 0.1) is 0 Å². The summed E-state index contributed by atoms with van der Waals surface area (Å²) in [7, 11) is 0. The zero-order valence-electron chi connectivity index (χ0n) is 27.8. The molecule has 1 aromatic heterocycles. The van der Waals surface area contributed by atoms with Crippen LogP contribution in [-0.4, -0.2) is 6.71 Å². The quantitative estimate of drug-likeness (QED) is 0.169. The van der Waals surface area contributed by atoms with Crippen LogP contribution in [0.5, 0.6) is 0 Å². The summed E-state index contributed by atoms with van der Waals surface area (Å²) in [4.78, 5) is 2.52. The van der Waals surface area contributed by atoms with Gasteiger partial charge >= 0.3 is 0 Å². The fraction of sp³-hybridized carbons (Fsp3) is 0. The smallest absolute Gasteiger partial charge is 0.248 e. The Bertz CT molecular complexity index is 2800. The van der Waals surface area contributed by atoms with Gasteiger partial charge in [-0.1, -0.05) is 139 Å². The number of nitrogens with zero attached hydrogens (tertiary/aromatic N) is 1. The lowest BCUT2D eigenvalue weighted by Crippen LogP contribution is -2.54. The molecule has 0 saturated carbocycles. The van der Waals surface area contributed by atoms with Gasteiger partial charge in [-0.05, 0) is 104 Å². The number of rotatable bonds is 4. The number of hydrogen-bond donors (Lipinski definition) is 0. The van der Waals surface area contributed by atoms with Crippen molar-refractivity contribution in [1.82, 2.24) is 0 Å². The van der Waals surface area contributed by atoms with Crippen molar-refractivity contribution in [1.29, 1.82) is 0 Å². The summed E-state index contributed by atoms with van der Waals surface area (Å²) in [5.74, 6) is 0. The second kappa shape index (κ2) is 11.2. The fourth-order valence-electron chi connectivity index (χ4n) is 8.54. The maximum absolute atomic E-state index is 2.52. The molecule has 236 valence electrons. The highest BCUT2D eigenvalue weighted by Gasteiger charge is 2.42. The number of anilines is 3.